The Balaban J connectivity index is 1.19. The summed E-state index contributed by atoms with van der Waals surface area (Å²) in [5, 5.41) is 0. The molecule has 3 N–H and O–H groups in total. The summed E-state index contributed by atoms with van der Waals surface area (Å²) < 4.78 is 41.9. The van der Waals surface area contributed by atoms with E-state index in [-0.39, 0.29) is 42.4 Å². The maximum absolute atomic E-state index is 14.0. The maximum Gasteiger partial charge on any atom is 0.417 e. The SMILES string of the molecule is O=C1NNC(Cc2ccc(C(F)(F)F)c(C(=O)N3CCN(c4cc5nc[nH]c5cn4)CC3)c2)C2CCCCC12. The van der Waals surface area contributed by atoms with Gasteiger partial charge in [0, 0.05) is 44.2 Å². The first-order chi connectivity index (χ1) is 18.8. The third kappa shape index (κ3) is 5.05. The summed E-state index contributed by atoms with van der Waals surface area (Å²) in [4.78, 5) is 40.9. The van der Waals surface area contributed by atoms with E-state index in [2.05, 4.69) is 25.8 Å². The zero-order valence-electron chi connectivity index (χ0n) is 21.3. The van der Waals surface area contributed by atoms with Crippen molar-refractivity contribution in [1.29, 1.82) is 0 Å². The predicted molar refractivity (Wildman–Crippen MR) is 138 cm³/mol. The van der Waals surface area contributed by atoms with Gasteiger partial charge < -0.3 is 14.8 Å². The largest absolute Gasteiger partial charge is 0.417 e. The van der Waals surface area contributed by atoms with E-state index in [4.69, 9.17) is 0 Å². The second-order valence-corrected chi connectivity index (χ2v) is 10.6. The lowest BCUT2D eigenvalue weighted by molar-refractivity contribution is -0.138. The molecule has 12 heteroatoms. The molecule has 0 spiro atoms. The van der Waals surface area contributed by atoms with Crippen LogP contribution in [0.5, 0.6) is 0 Å². The van der Waals surface area contributed by atoms with Crippen molar-refractivity contribution < 1.29 is 22.8 Å². The van der Waals surface area contributed by atoms with Crippen LogP contribution in [0.25, 0.3) is 11.0 Å². The third-order valence-electron chi connectivity index (χ3n) is 8.31. The minimum absolute atomic E-state index is 0.0159. The van der Waals surface area contributed by atoms with Gasteiger partial charge >= 0.3 is 6.18 Å². The maximum atomic E-state index is 14.0. The van der Waals surface area contributed by atoms with Gasteiger partial charge in [0.15, 0.2) is 0 Å². The Bertz CT molecular complexity index is 1380. The number of H-pyrrole nitrogens is 1. The number of fused-ring (bicyclic) bond motifs is 2. The van der Waals surface area contributed by atoms with Crippen LogP contribution < -0.4 is 15.8 Å². The summed E-state index contributed by atoms with van der Waals surface area (Å²) in [6.07, 6.45) is 2.80. The molecule has 206 valence electrons. The number of hydrogen-bond donors (Lipinski definition) is 3. The molecule has 1 saturated carbocycles. The number of amides is 2. The molecule has 3 aromatic rings. The Kier molecular flexibility index (Phi) is 6.66. The zero-order chi connectivity index (χ0) is 27.1. The van der Waals surface area contributed by atoms with Crippen LogP contribution in [0, 0.1) is 11.8 Å². The van der Waals surface area contributed by atoms with Crippen LogP contribution in [0.2, 0.25) is 0 Å². The Labute approximate surface area is 223 Å². The molecule has 9 nitrogen and oxygen atoms in total. The van der Waals surface area contributed by atoms with E-state index in [0.29, 0.717) is 30.9 Å². The highest BCUT2D eigenvalue weighted by Crippen LogP contribution is 2.37. The number of nitrogens with zero attached hydrogens (tertiary/aromatic N) is 4. The molecule has 1 aliphatic carbocycles. The van der Waals surface area contributed by atoms with Gasteiger partial charge in [0.2, 0.25) is 5.91 Å². The van der Waals surface area contributed by atoms with Crippen LogP contribution >= 0.6 is 0 Å². The van der Waals surface area contributed by atoms with Crippen molar-refractivity contribution in [2.24, 2.45) is 11.8 Å². The van der Waals surface area contributed by atoms with Crippen molar-refractivity contribution in [3.63, 3.8) is 0 Å². The number of benzene rings is 1. The summed E-state index contributed by atoms with van der Waals surface area (Å²) in [6.45, 7) is 1.45. The van der Waals surface area contributed by atoms with E-state index in [0.717, 1.165) is 42.8 Å². The van der Waals surface area contributed by atoms with Gasteiger partial charge in [-0.1, -0.05) is 18.9 Å². The molecule has 3 fully saturated rings. The topological polar surface area (TPSA) is 106 Å². The Hall–Kier alpha value is -3.67. The van der Waals surface area contributed by atoms with Gasteiger partial charge in [0.25, 0.3) is 5.91 Å². The summed E-state index contributed by atoms with van der Waals surface area (Å²) >= 11 is 0. The lowest BCUT2D eigenvalue weighted by Crippen LogP contribution is -2.60. The van der Waals surface area contributed by atoms with E-state index >= 15 is 0 Å². The highest BCUT2D eigenvalue weighted by molar-refractivity contribution is 5.96. The van der Waals surface area contributed by atoms with E-state index in [9.17, 15) is 22.8 Å². The number of aromatic amines is 1. The lowest BCUT2D eigenvalue weighted by Gasteiger charge is -2.41. The van der Waals surface area contributed by atoms with Gasteiger partial charge in [-0.3, -0.25) is 15.0 Å². The van der Waals surface area contributed by atoms with Gasteiger partial charge in [-0.15, -0.1) is 0 Å². The monoisotopic (exact) mass is 541 g/mol. The van der Waals surface area contributed by atoms with Crippen molar-refractivity contribution >= 4 is 28.7 Å². The Morgan fingerprint density at radius 3 is 2.64 bits per heavy atom. The number of carbonyl (C=O) groups excluding carboxylic acids is 2. The molecule has 0 radical (unpaired) electrons. The molecular weight excluding hydrogens is 511 g/mol. The molecule has 3 atom stereocenters. The van der Waals surface area contributed by atoms with Crippen molar-refractivity contribution in [1.82, 2.24) is 30.7 Å². The quantitative estimate of drug-likeness (QED) is 0.468. The number of piperazine rings is 1. The number of anilines is 1. The number of hydrogen-bond acceptors (Lipinski definition) is 6. The van der Waals surface area contributed by atoms with E-state index in [1.165, 1.54) is 17.0 Å². The molecule has 1 aromatic carbocycles. The fraction of sp³-hybridized carbons (Fsp3) is 0.481. The fourth-order valence-electron chi connectivity index (χ4n) is 6.23. The first kappa shape index (κ1) is 25.6. The van der Waals surface area contributed by atoms with Gasteiger partial charge in [-0.25, -0.2) is 15.4 Å². The van der Waals surface area contributed by atoms with Gasteiger partial charge in [-0.05, 0) is 42.9 Å². The molecule has 2 saturated heterocycles. The second-order valence-electron chi connectivity index (χ2n) is 10.6. The van der Waals surface area contributed by atoms with E-state index in [1.807, 2.05) is 11.0 Å². The molecular formula is C27H30F3N7O2. The van der Waals surface area contributed by atoms with Crippen molar-refractivity contribution in [2.45, 2.75) is 44.3 Å². The van der Waals surface area contributed by atoms with Crippen LogP contribution in [-0.4, -0.2) is 63.9 Å². The van der Waals surface area contributed by atoms with Gasteiger partial charge in [0.05, 0.1) is 34.7 Å². The number of pyridine rings is 1. The second kappa shape index (κ2) is 10.1. The summed E-state index contributed by atoms with van der Waals surface area (Å²) in [6, 6.07) is 5.61. The van der Waals surface area contributed by atoms with Gasteiger partial charge in [0.1, 0.15) is 5.82 Å². The van der Waals surface area contributed by atoms with E-state index < -0.39 is 17.6 Å². The number of imidazole rings is 1. The standard InChI is InChI=1S/C27H30F3N7O2/c28-27(29,30)20-6-5-16(12-21-17-3-1-2-4-18(17)25(38)35-34-21)11-19(20)26(39)37-9-7-36(8-10-37)24-13-22-23(14-31-24)33-15-32-22/h5-6,11,13-15,17-18,21,34H,1-4,7-10,12H2,(H,32,33)(H,35,38). The lowest BCUT2D eigenvalue weighted by atomic mass is 9.72. The molecule has 2 aromatic heterocycles. The number of nitrogens with one attached hydrogen (secondary N) is 3. The van der Waals surface area contributed by atoms with Gasteiger partial charge in [-0.2, -0.15) is 13.2 Å². The number of alkyl halides is 3. The summed E-state index contributed by atoms with van der Waals surface area (Å²) in [5.41, 5.74) is 6.79. The molecule has 3 aliphatic rings. The Morgan fingerprint density at radius 2 is 1.85 bits per heavy atom. The molecule has 39 heavy (non-hydrogen) atoms. The number of hydrazine groups is 1. The average molecular weight is 542 g/mol. The van der Waals surface area contributed by atoms with Crippen LogP contribution in [0.3, 0.4) is 0 Å². The first-order valence-corrected chi connectivity index (χ1v) is 13.4. The van der Waals surface area contributed by atoms with Crippen LogP contribution in [0.1, 0.15) is 47.2 Å². The van der Waals surface area contributed by atoms with Crippen LogP contribution in [0.4, 0.5) is 19.0 Å². The smallest absolute Gasteiger partial charge is 0.353 e. The van der Waals surface area contributed by atoms with Crippen molar-refractivity contribution in [3.8, 4) is 0 Å². The molecule has 2 amide bonds. The minimum Gasteiger partial charge on any atom is -0.353 e. The molecule has 3 unspecified atom stereocenters. The predicted octanol–water partition coefficient (Wildman–Crippen LogP) is 3.29. The summed E-state index contributed by atoms with van der Waals surface area (Å²) in [5.74, 6) is 0.113. The average Bonchev–Trinajstić information content (AvgIpc) is 3.42. The first-order valence-electron chi connectivity index (χ1n) is 13.4. The molecule has 4 heterocycles. The van der Waals surface area contributed by atoms with Crippen LogP contribution in [0.15, 0.2) is 36.8 Å². The summed E-state index contributed by atoms with van der Waals surface area (Å²) in [7, 11) is 0. The molecule has 6 rings (SSSR count). The minimum atomic E-state index is -4.65. The molecule has 0 bridgehead atoms. The fourth-order valence-corrected chi connectivity index (χ4v) is 6.23. The number of aromatic nitrogens is 3. The van der Waals surface area contributed by atoms with E-state index in [1.54, 1.807) is 12.5 Å². The number of carbonyl (C=O) groups is 2. The number of rotatable bonds is 4. The highest BCUT2D eigenvalue weighted by atomic mass is 19.4. The zero-order valence-corrected chi connectivity index (χ0v) is 21.3. The third-order valence-corrected chi connectivity index (χ3v) is 8.31. The van der Waals surface area contributed by atoms with Crippen molar-refractivity contribution in [3.05, 3.63) is 53.5 Å². The normalized spacial score (nSPS) is 24.0. The highest BCUT2D eigenvalue weighted by Gasteiger charge is 2.41. The number of halogens is 3. The van der Waals surface area contributed by atoms with Crippen LogP contribution in [-0.2, 0) is 17.4 Å². The Morgan fingerprint density at radius 1 is 1.05 bits per heavy atom. The van der Waals surface area contributed by atoms with Crippen molar-refractivity contribution in [2.75, 3.05) is 31.1 Å². The molecule has 2 aliphatic heterocycles.